The summed E-state index contributed by atoms with van der Waals surface area (Å²) in [6, 6.07) is 0. The van der Waals surface area contributed by atoms with Gasteiger partial charge < -0.3 is 14.6 Å². The average Bonchev–Trinajstić information content (AvgIpc) is 3.00. The summed E-state index contributed by atoms with van der Waals surface area (Å²) in [6.07, 6.45) is 5.27. The van der Waals surface area contributed by atoms with Gasteiger partial charge in [-0.15, -0.1) is 0 Å². The van der Waals surface area contributed by atoms with Crippen molar-refractivity contribution in [3.63, 3.8) is 0 Å². The van der Waals surface area contributed by atoms with E-state index in [1.165, 1.54) is 0 Å². The molecule has 1 aliphatic carbocycles. The Morgan fingerprint density at radius 3 is 2.56 bits per heavy atom. The van der Waals surface area contributed by atoms with E-state index < -0.39 is 5.97 Å². The molecule has 1 unspecified atom stereocenters. The highest BCUT2D eigenvalue weighted by Gasteiger charge is 2.61. The van der Waals surface area contributed by atoms with E-state index in [1.807, 2.05) is 0 Å². The van der Waals surface area contributed by atoms with Crippen molar-refractivity contribution < 1.29 is 19.4 Å². The molecule has 0 aromatic heterocycles. The summed E-state index contributed by atoms with van der Waals surface area (Å²) in [5.41, 5.74) is -0.492. The Morgan fingerprint density at radius 1 is 1.38 bits per heavy atom. The summed E-state index contributed by atoms with van der Waals surface area (Å²) >= 11 is 0. The van der Waals surface area contributed by atoms with Crippen molar-refractivity contribution in [2.24, 2.45) is 5.41 Å². The molecular formula is C12H20O4. The number of ether oxygens (including phenoxy) is 2. The summed E-state index contributed by atoms with van der Waals surface area (Å²) in [4.78, 5) is 10.9. The summed E-state index contributed by atoms with van der Waals surface area (Å²) in [5, 5.41) is 9.01. The van der Waals surface area contributed by atoms with Crippen molar-refractivity contribution in [1.29, 1.82) is 0 Å². The first-order chi connectivity index (χ1) is 7.64. The maximum atomic E-state index is 10.9. The van der Waals surface area contributed by atoms with E-state index in [9.17, 15) is 4.79 Å². The molecule has 1 N–H and O–H groups in total. The van der Waals surface area contributed by atoms with Crippen LogP contribution in [0, 0.1) is 5.41 Å². The first-order valence-electron chi connectivity index (χ1n) is 5.99. The van der Waals surface area contributed by atoms with Crippen LogP contribution in [-0.2, 0) is 14.3 Å². The smallest absolute Gasteiger partial charge is 0.304 e. The molecule has 16 heavy (non-hydrogen) atoms. The topological polar surface area (TPSA) is 55.8 Å². The van der Waals surface area contributed by atoms with E-state index in [4.69, 9.17) is 14.6 Å². The minimum atomic E-state index is -0.720. The highest BCUT2D eigenvalue weighted by Crippen LogP contribution is 2.60. The summed E-state index contributed by atoms with van der Waals surface area (Å²) in [6.45, 7) is 1.27. The molecule has 0 aromatic rings. The first kappa shape index (κ1) is 11.9. The Morgan fingerprint density at radius 2 is 2.12 bits per heavy atom. The zero-order valence-corrected chi connectivity index (χ0v) is 9.83. The molecule has 2 aliphatic rings. The highest BCUT2D eigenvalue weighted by atomic mass is 16.5. The van der Waals surface area contributed by atoms with Gasteiger partial charge in [-0.2, -0.15) is 0 Å². The van der Waals surface area contributed by atoms with E-state index in [0.29, 0.717) is 6.61 Å². The summed E-state index contributed by atoms with van der Waals surface area (Å²) < 4.78 is 11.2. The number of methoxy groups -OCH3 is 1. The van der Waals surface area contributed by atoms with Crippen molar-refractivity contribution in [2.45, 2.75) is 44.1 Å². The number of carboxylic acid groups (broad SMARTS) is 1. The molecule has 1 saturated heterocycles. The van der Waals surface area contributed by atoms with Gasteiger partial charge in [0.1, 0.15) is 0 Å². The van der Waals surface area contributed by atoms with Crippen LogP contribution < -0.4 is 0 Å². The van der Waals surface area contributed by atoms with Crippen LogP contribution in [0.5, 0.6) is 0 Å². The molecule has 0 aromatic carbocycles. The van der Waals surface area contributed by atoms with Gasteiger partial charge in [0.25, 0.3) is 0 Å². The second-order valence-electron chi connectivity index (χ2n) is 5.08. The fourth-order valence-electron chi connectivity index (χ4n) is 3.00. The maximum absolute atomic E-state index is 10.9. The lowest BCUT2D eigenvalue weighted by atomic mass is 9.77. The molecule has 0 bridgehead atoms. The van der Waals surface area contributed by atoms with Crippen LogP contribution in [0.25, 0.3) is 0 Å². The van der Waals surface area contributed by atoms with Crippen LogP contribution in [0.15, 0.2) is 0 Å². The molecule has 2 fully saturated rings. The normalized spacial score (nSPS) is 32.3. The van der Waals surface area contributed by atoms with Crippen LogP contribution >= 0.6 is 0 Å². The monoisotopic (exact) mass is 228 g/mol. The van der Waals surface area contributed by atoms with E-state index in [1.54, 1.807) is 7.11 Å². The third-order valence-corrected chi connectivity index (χ3v) is 4.04. The summed E-state index contributed by atoms with van der Waals surface area (Å²) in [7, 11) is 1.66. The van der Waals surface area contributed by atoms with Crippen LogP contribution in [0.4, 0.5) is 0 Å². The van der Waals surface area contributed by atoms with Crippen LogP contribution in [-0.4, -0.2) is 37.0 Å². The van der Waals surface area contributed by atoms with Gasteiger partial charge in [0.05, 0.1) is 18.6 Å². The van der Waals surface area contributed by atoms with Gasteiger partial charge in [0, 0.05) is 19.1 Å². The lowest BCUT2D eigenvalue weighted by Crippen LogP contribution is -2.49. The molecule has 92 valence electrons. The number of rotatable bonds is 5. The van der Waals surface area contributed by atoms with Gasteiger partial charge in [-0.05, 0) is 32.1 Å². The zero-order valence-electron chi connectivity index (χ0n) is 9.83. The molecule has 1 atom stereocenters. The molecule has 1 saturated carbocycles. The molecule has 4 nitrogen and oxygen atoms in total. The van der Waals surface area contributed by atoms with Crippen molar-refractivity contribution in [2.75, 3.05) is 20.3 Å². The minimum absolute atomic E-state index is 0.157. The fraction of sp³-hybridized carbons (Fsp3) is 0.917. The van der Waals surface area contributed by atoms with Gasteiger partial charge >= 0.3 is 5.97 Å². The summed E-state index contributed by atoms with van der Waals surface area (Å²) in [5.74, 6) is -0.720. The molecule has 1 aliphatic heterocycles. The van der Waals surface area contributed by atoms with Crippen LogP contribution in [0.3, 0.4) is 0 Å². The van der Waals surface area contributed by atoms with E-state index >= 15 is 0 Å². The van der Waals surface area contributed by atoms with Crippen LogP contribution in [0.1, 0.15) is 38.5 Å². The number of hydrogen-bond acceptors (Lipinski definition) is 3. The number of hydrogen-bond donors (Lipinski definition) is 1. The molecule has 0 amide bonds. The zero-order chi connectivity index (χ0) is 11.6. The lowest BCUT2D eigenvalue weighted by molar-refractivity contribution is -0.169. The standard InChI is InChI=1S/C12H20O4/c1-15-9-12(4-2-3-7-16-12)11(5-6-11)8-10(13)14/h2-9H2,1H3,(H,13,14). The Bertz CT molecular complexity index is 259. The quantitative estimate of drug-likeness (QED) is 0.780. The van der Waals surface area contributed by atoms with E-state index in [0.717, 1.165) is 38.7 Å². The van der Waals surface area contributed by atoms with Gasteiger partial charge in [0.2, 0.25) is 0 Å². The van der Waals surface area contributed by atoms with Gasteiger partial charge in [-0.3, -0.25) is 4.79 Å². The first-order valence-corrected chi connectivity index (χ1v) is 5.99. The maximum Gasteiger partial charge on any atom is 0.304 e. The Hall–Kier alpha value is -0.610. The number of carboxylic acids is 1. The number of aliphatic carboxylic acids is 1. The molecular weight excluding hydrogens is 208 g/mol. The lowest BCUT2D eigenvalue weighted by Gasteiger charge is -2.43. The van der Waals surface area contributed by atoms with Crippen LogP contribution in [0.2, 0.25) is 0 Å². The Labute approximate surface area is 95.9 Å². The van der Waals surface area contributed by atoms with Gasteiger partial charge in [-0.25, -0.2) is 0 Å². The van der Waals surface area contributed by atoms with Crippen molar-refractivity contribution in [3.8, 4) is 0 Å². The highest BCUT2D eigenvalue weighted by molar-refractivity contribution is 5.68. The number of carbonyl (C=O) groups is 1. The van der Waals surface area contributed by atoms with Crippen molar-refractivity contribution in [1.82, 2.24) is 0 Å². The third kappa shape index (κ3) is 1.96. The molecule has 4 heteroatoms. The Balaban J connectivity index is 2.14. The average molecular weight is 228 g/mol. The second kappa shape index (κ2) is 4.34. The predicted molar refractivity (Wildman–Crippen MR) is 58.3 cm³/mol. The van der Waals surface area contributed by atoms with Gasteiger partial charge in [-0.1, -0.05) is 0 Å². The fourth-order valence-corrected chi connectivity index (χ4v) is 3.00. The minimum Gasteiger partial charge on any atom is -0.481 e. The van der Waals surface area contributed by atoms with Crippen molar-refractivity contribution in [3.05, 3.63) is 0 Å². The predicted octanol–water partition coefficient (Wildman–Crippen LogP) is 1.83. The Kier molecular flexibility index (Phi) is 3.22. The third-order valence-electron chi connectivity index (χ3n) is 4.04. The second-order valence-corrected chi connectivity index (χ2v) is 5.08. The van der Waals surface area contributed by atoms with E-state index in [2.05, 4.69) is 0 Å². The molecule has 0 spiro atoms. The SMILES string of the molecule is COCC1(C2(CC(=O)O)CC2)CCCCO1. The van der Waals surface area contributed by atoms with E-state index in [-0.39, 0.29) is 17.4 Å². The molecule has 2 rings (SSSR count). The van der Waals surface area contributed by atoms with Gasteiger partial charge in [0.15, 0.2) is 0 Å². The molecule has 1 heterocycles. The van der Waals surface area contributed by atoms with Crippen molar-refractivity contribution >= 4 is 5.97 Å². The molecule has 0 radical (unpaired) electrons. The largest absolute Gasteiger partial charge is 0.481 e.